The normalized spacial score (nSPS) is 11.2. The number of benzene rings is 2. The maximum atomic E-state index is 12.1. The first-order valence-corrected chi connectivity index (χ1v) is 7.48. The third kappa shape index (κ3) is 5.93. The highest BCUT2D eigenvalue weighted by Gasteiger charge is 2.14. The standard InChI is InChI=1S/C18H22N2O2.ClH/c1-2-22-17-11-7-6-10-15(17)13-20-18(21)16(19)12-14-8-4-3-5-9-14;/h3-11,16H,2,12-13,19H2,1H3,(H,20,21);1H/t16-;/m0./s1. The molecule has 4 nitrogen and oxygen atoms in total. The highest BCUT2D eigenvalue weighted by Crippen LogP contribution is 2.17. The first-order chi connectivity index (χ1) is 10.7. The highest BCUT2D eigenvalue weighted by atomic mass is 35.5. The van der Waals surface area contributed by atoms with Crippen molar-refractivity contribution in [1.82, 2.24) is 5.32 Å². The molecule has 0 aliphatic carbocycles. The molecule has 0 aromatic heterocycles. The van der Waals surface area contributed by atoms with Gasteiger partial charge in [-0.3, -0.25) is 4.79 Å². The number of nitrogens with one attached hydrogen (secondary N) is 1. The Hall–Kier alpha value is -2.04. The number of hydrogen-bond acceptors (Lipinski definition) is 3. The Labute approximate surface area is 143 Å². The van der Waals surface area contributed by atoms with Crippen LogP contribution in [0.3, 0.4) is 0 Å². The van der Waals surface area contributed by atoms with Crippen LogP contribution in [-0.4, -0.2) is 18.6 Å². The van der Waals surface area contributed by atoms with Gasteiger partial charge in [0.25, 0.3) is 0 Å². The van der Waals surface area contributed by atoms with Crippen molar-refractivity contribution in [3.05, 3.63) is 65.7 Å². The van der Waals surface area contributed by atoms with E-state index in [1.165, 1.54) is 0 Å². The van der Waals surface area contributed by atoms with Gasteiger partial charge in [0.2, 0.25) is 5.91 Å². The molecule has 3 N–H and O–H groups in total. The van der Waals surface area contributed by atoms with Crippen LogP contribution in [0.25, 0.3) is 0 Å². The highest BCUT2D eigenvalue weighted by molar-refractivity contribution is 5.85. The van der Waals surface area contributed by atoms with Crippen LogP contribution < -0.4 is 15.8 Å². The lowest BCUT2D eigenvalue weighted by Crippen LogP contribution is -2.41. The molecule has 0 aliphatic rings. The fraction of sp³-hybridized carbons (Fsp3) is 0.278. The van der Waals surface area contributed by atoms with Gasteiger partial charge in [-0.2, -0.15) is 0 Å². The van der Waals surface area contributed by atoms with E-state index in [4.69, 9.17) is 10.5 Å². The largest absolute Gasteiger partial charge is 0.494 e. The van der Waals surface area contributed by atoms with E-state index in [-0.39, 0.29) is 18.3 Å². The van der Waals surface area contributed by atoms with E-state index in [9.17, 15) is 4.79 Å². The number of nitrogens with two attached hydrogens (primary N) is 1. The molecule has 0 radical (unpaired) electrons. The molecule has 0 fully saturated rings. The summed E-state index contributed by atoms with van der Waals surface area (Å²) in [4.78, 5) is 12.1. The molecule has 5 heteroatoms. The number of carbonyl (C=O) groups excluding carboxylic acids is 1. The SMILES string of the molecule is CCOc1ccccc1CNC(=O)[C@@H](N)Cc1ccccc1.Cl. The molecule has 1 amide bonds. The molecule has 124 valence electrons. The van der Waals surface area contributed by atoms with E-state index in [2.05, 4.69) is 5.32 Å². The van der Waals surface area contributed by atoms with E-state index in [0.717, 1.165) is 16.9 Å². The summed E-state index contributed by atoms with van der Waals surface area (Å²) in [5, 5.41) is 2.87. The van der Waals surface area contributed by atoms with Gasteiger partial charge < -0.3 is 15.8 Å². The van der Waals surface area contributed by atoms with Crippen LogP contribution in [0.15, 0.2) is 54.6 Å². The third-order valence-electron chi connectivity index (χ3n) is 3.36. The third-order valence-corrected chi connectivity index (χ3v) is 3.36. The lowest BCUT2D eigenvalue weighted by molar-refractivity contribution is -0.122. The lowest BCUT2D eigenvalue weighted by Gasteiger charge is -2.14. The van der Waals surface area contributed by atoms with Crippen LogP contribution in [0.5, 0.6) is 5.75 Å². The summed E-state index contributed by atoms with van der Waals surface area (Å²) in [7, 11) is 0. The van der Waals surface area contributed by atoms with Crippen molar-refractivity contribution >= 4 is 18.3 Å². The van der Waals surface area contributed by atoms with E-state index in [1.807, 2.05) is 61.5 Å². The fourth-order valence-electron chi connectivity index (χ4n) is 2.22. The van der Waals surface area contributed by atoms with Crippen LogP contribution in [0, 0.1) is 0 Å². The minimum absolute atomic E-state index is 0. The second-order valence-electron chi connectivity index (χ2n) is 5.05. The predicted octanol–water partition coefficient (Wildman–Crippen LogP) is 2.69. The molecule has 0 bridgehead atoms. The molecular weight excluding hydrogens is 312 g/mol. The molecule has 0 unspecified atom stereocenters. The van der Waals surface area contributed by atoms with E-state index < -0.39 is 6.04 Å². The Bertz CT molecular complexity index is 605. The predicted molar refractivity (Wildman–Crippen MR) is 94.8 cm³/mol. The number of para-hydroxylation sites is 1. The van der Waals surface area contributed by atoms with Crippen molar-refractivity contribution in [1.29, 1.82) is 0 Å². The van der Waals surface area contributed by atoms with E-state index in [0.29, 0.717) is 19.6 Å². The molecular formula is C18H23ClN2O2. The minimum atomic E-state index is -0.554. The topological polar surface area (TPSA) is 64.3 Å². The molecule has 0 saturated carbocycles. The number of hydrogen-bond donors (Lipinski definition) is 2. The summed E-state index contributed by atoms with van der Waals surface area (Å²) < 4.78 is 5.54. The molecule has 0 spiro atoms. The van der Waals surface area contributed by atoms with Crippen molar-refractivity contribution in [3.63, 3.8) is 0 Å². The summed E-state index contributed by atoms with van der Waals surface area (Å²) in [5.41, 5.74) is 7.97. The number of rotatable bonds is 7. The quantitative estimate of drug-likeness (QED) is 0.818. The number of ether oxygens (including phenoxy) is 1. The monoisotopic (exact) mass is 334 g/mol. The zero-order chi connectivity index (χ0) is 15.8. The van der Waals surface area contributed by atoms with Gasteiger partial charge in [-0.15, -0.1) is 12.4 Å². The first-order valence-electron chi connectivity index (χ1n) is 7.48. The van der Waals surface area contributed by atoms with Gasteiger partial charge >= 0.3 is 0 Å². The van der Waals surface area contributed by atoms with Gasteiger partial charge in [-0.1, -0.05) is 48.5 Å². The first kappa shape index (κ1) is 19.0. The average molecular weight is 335 g/mol. The van der Waals surface area contributed by atoms with Crippen LogP contribution >= 0.6 is 12.4 Å². The smallest absolute Gasteiger partial charge is 0.237 e. The lowest BCUT2D eigenvalue weighted by atomic mass is 10.1. The number of amides is 1. The second kappa shape index (κ2) is 9.87. The maximum Gasteiger partial charge on any atom is 0.237 e. The van der Waals surface area contributed by atoms with Gasteiger partial charge in [-0.25, -0.2) is 0 Å². The summed E-state index contributed by atoms with van der Waals surface area (Å²) in [6, 6.07) is 16.9. The van der Waals surface area contributed by atoms with Gasteiger partial charge in [0.1, 0.15) is 5.75 Å². The van der Waals surface area contributed by atoms with Crippen LogP contribution in [-0.2, 0) is 17.8 Å². The van der Waals surface area contributed by atoms with Crippen LogP contribution in [0.2, 0.25) is 0 Å². The van der Waals surface area contributed by atoms with Crippen molar-refractivity contribution < 1.29 is 9.53 Å². The Balaban J connectivity index is 0.00000264. The average Bonchev–Trinajstić information content (AvgIpc) is 2.55. The van der Waals surface area contributed by atoms with Crippen molar-refractivity contribution in [3.8, 4) is 5.75 Å². The second-order valence-corrected chi connectivity index (χ2v) is 5.05. The van der Waals surface area contributed by atoms with Gasteiger partial charge in [0, 0.05) is 12.1 Å². The van der Waals surface area contributed by atoms with Crippen molar-refractivity contribution in [2.45, 2.75) is 25.9 Å². The molecule has 0 aliphatic heterocycles. The molecule has 1 atom stereocenters. The number of halogens is 1. The molecule has 2 aromatic rings. The van der Waals surface area contributed by atoms with Crippen LogP contribution in [0.4, 0.5) is 0 Å². The zero-order valence-corrected chi connectivity index (χ0v) is 14.0. The zero-order valence-electron chi connectivity index (χ0n) is 13.2. The Morgan fingerprint density at radius 3 is 2.48 bits per heavy atom. The molecule has 0 heterocycles. The Kier molecular flexibility index (Phi) is 8.16. The Morgan fingerprint density at radius 2 is 1.78 bits per heavy atom. The minimum Gasteiger partial charge on any atom is -0.494 e. The van der Waals surface area contributed by atoms with Gasteiger partial charge in [0.05, 0.1) is 12.6 Å². The molecule has 2 aromatic carbocycles. The maximum absolute atomic E-state index is 12.1. The Morgan fingerprint density at radius 1 is 1.13 bits per heavy atom. The number of carbonyl (C=O) groups is 1. The van der Waals surface area contributed by atoms with Crippen molar-refractivity contribution in [2.24, 2.45) is 5.73 Å². The summed E-state index contributed by atoms with van der Waals surface area (Å²) >= 11 is 0. The fourth-order valence-corrected chi connectivity index (χ4v) is 2.22. The van der Waals surface area contributed by atoms with Crippen molar-refractivity contribution in [2.75, 3.05) is 6.61 Å². The summed E-state index contributed by atoms with van der Waals surface area (Å²) in [6.45, 7) is 2.95. The van der Waals surface area contributed by atoms with E-state index >= 15 is 0 Å². The summed E-state index contributed by atoms with van der Waals surface area (Å²) in [6.07, 6.45) is 0.528. The van der Waals surface area contributed by atoms with E-state index in [1.54, 1.807) is 0 Å². The van der Waals surface area contributed by atoms with Crippen LogP contribution in [0.1, 0.15) is 18.1 Å². The molecule has 23 heavy (non-hydrogen) atoms. The molecule has 2 rings (SSSR count). The summed E-state index contributed by atoms with van der Waals surface area (Å²) in [5.74, 6) is 0.636. The molecule has 0 saturated heterocycles. The van der Waals surface area contributed by atoms with Gasteiger partial charge in [0.15, 0.2) is 0 Å². The van der Waals surface area contributed by atoms with Gasteiger partial charge in [-0.05, 0) is 25.0 Å².